The molecule has 0 aliphatic carbocycles. The summed E-state index contributed by atoms with van der Waals surface area (Å²) in [5.41, 5.74) is -0.741. The summed E-state index contributed by atoms with van der Waals surface area (Å²) in [5, 5.41) is 20.3. The highest BCUT2D eigenvalue weighted by Gasteiger charge is 2.36. The molecule has 0 aliphatic heterocycles. The van der Waals surface area contributed by atoms with E-state index in [-0.39, 0.29) is 16.2 Å². The van der Waals surface area contributed by atoms with Crippen LogP contribution in [0.25, 0.3) is 12.2 Å². The maximum Gasteiger partial charge on any atom is 0.454 e. The second kappa shape index (κ2) is 5.20. The number of nitrogens with zero attached hydrogens (tertiary/aromatic N) is 2. The van der Waals surface area contributed by atoms with Gasteiger partial charge in [0.05, 0.1) is 0 Å². The number of alkyl halides is 3. The number of aromatic hydroxyl groups is 1. The smallest absolute Gasteiger partial charge is 0.454 e. The van der Waals surface area contributed by atoms with Gasteiger partial charge in [-0.1, -0.05) is 18.2 Å². The maximum absolute atomic E-state index is 12.5. The van der Waals surface area contributed by atoms with Gasteiger partial charge in [0, 0.05) is 6.07 Å². The van der Waals surface area contributed by atoms with Crippen LogP contribution in [0.2, 0.25) is 0 Å². The average molecular weight is 282 g/mol. The predicted octanol–water partition coefficient (Wildman–Crippen LogP) is 2.61. The van der Waals surface area contributed by atoms with Crippen molar-refractivity contribution < 1.29 is 23.0 Å². The first-order valence-corrected chi connectivity index (χ1v) is 5.50. The fraction of sp³-hybridized carbons (Fsp3) is 0.0769. The highest BCUT2D eigenvalue weighted by Crippen LogP contribution is 2.26. The van der Waals surface area contributed by atoms with E-state index >= 15 is 0 Å². The largest absolute Gasteiger partial charge is 0.711 e. The Morgan fingerprint density at radius 3 is 2.60 bits per heavy atom. The van der Waals surface area contributed by atoms with E-state index in [0.29, 0.717) is 18.0 Å². The fourth-order valence-electron chi connectivity index (χ4n) is 1.53. The van der Waals surface area contributed by atoms with Crippen LogP contribution in [0, 0.1) is 5.21 Å². The second-order valence-electron chi connectivity index (χ2n) is 3.95. The quantitative estimate of drug-likeness (QED) is 0.680. The summed E-state index contributed by atoms with van der Waals surface area (Å²) in [6.45, 7) is 0. The number of phenols is 1. The van der Waals surface area contributed by atoms with Gasteiger partial charge in [0.2, 0.25) is 5.69 Å². The Labute approximate surface area is 112 Å². The number of benzene rings is 1. The zero-order valence-corrected chi connectivity index (χ0v) is 10.0. The summed E-state index contributed by atoms with van der Waals surface area (Å²) in [4.78, 5) is 3.59. The van der Waals surface area contributed by atoms with Gasteiger partial charge in [-0.25, -0.2) is 4.73 Å². The molecule has 2 aromatic rings. The topological polar surface area (TPSA) is 60.1 Å². The minimum atomic E-state index is -4.74. The first-order valence-electron chi connectivity index (χ1n) is 5.50. The normalized spacial score (nSPS) is 11.9. The second-order valence-corrected chi connectivity index (χ2v) is 3.95. The van der Waals surface area contributed by atoms with Crippen LogP contribution in [0.15, 0.2) is 36.7 Å². The van der Waals surface area contributed by atoms with Crippen LogP contribution >= 0.6 is 0 Å². The fourth-order valence-corrected chi connectivity index (χ4v) is 1.53. The van der Waals surface area contributed by atoms with Gasteiger partial charge in [-0.15, -0.1) is 0 Å². The zero-order valence-electron chi connectivity index (χ0n) is 10.0. The molecule has 0 radical (unpaired) electrons. The Morgan fingerprint density at radius 2 is 1.95 bits per heavy atom. The number of rotatable bonds is 2. The summed E-state index contributed by atoms with van der Waals surface area (Å²) in [5.74, 6) is 0.0431. The lowest BCUT2D eigenvalue weighted by Crippen LogP contribution is -2.37. The van der Waals surface area contributed by atoms with Crippen molar-refractivity contribution in [1.29, 1.82) is 0 Å². The van der Waals surface area contributed by atoms with Crippen molar-refractivity contribution in [2.45, 2.75) is 6.18 Å². The molecule has 0 bridgehead atoms. The van der Waals surface area contributed by atoms with Gasteiger partial charge >= 0.3 is 6.18 Å². The summed E-state index contributed by atoms with van der Waals surface area (Å²) in [7, 11) is 0. The lowest BCUT2D eigenvalue weighted by molar-refractivity contribution is -0.632. The Bertz CT molecular complexity index is 654. The average Bonchev–Trinajstić information content (AvgIpc) is 2.36. The summed E-state index contributed by atoms with van der Waals surface area (Å²) >= 11 is 0. The van der Waals surface area contributed by atoms with Gasteiger partial charge in [0.25, 0.3) is 6.33 Å². The van der Waals surface area contributed by atoms with E-state index in [2.05, 4.69) is 4.98 Å². The first-order chi connectivity index (χ1) is 9.36. The molecule has 0 aliphatic rings. The van der Waals surface area contributed by atoms with Crippen molar-refractivity contribution in [2.75, 3.05) is 0 Å². The first kappa shape index (κ1) is 13.9. The Morgan fingerprint density at radius 1 is 1.20 bits per heavy atom. The summed E-state index contributed by atoms with van der Waals surface area (Å²) in [6, 6.07) is 6.84. The molecular weight excluding hydrogens is 273 g/mol. The van der Waals surface area contributed by atoms with Crippen LogP contribution < -0.4 is 4.73 Å². The van der Waals surface area contributed by atoms with Crippen LogP contribution in [0.3, 0.4) is 0 Å². The van der Waals surface area contributed by atoms with Crippen molar-refractivity contribution >= 4 is 12.2 Å². The van der Waals surface area contributed by atoms with Gasteiger partial charge in [0.1, 0.15) is 5.75 Å². The van der Waals surface area contributed by atoms with E-state index in [4.69, 9.17) is 0 Å². The van der Waals surface area contributed by atoms with Crippen LogP contribution in [0.4, 0.5) is 13.2 Å². The molecule has 0 atom stereocenters. The standard InChI is InChI=1S/C13H9F3N2O2/c14-13(15,16)12-7-10(17-8-18(12)20)5-4-9-2-1-3-11(19)6-9/h1-8,19H. The van der Waals surface area contributed by atoms with Gasteiger partial charge in [-0.2, -0.15) is 13.2 Å². The number of hydrogen-bond acceptors (Lipinski definition) is 3. The van der Waals surface area contributed by atoms with Crippen molar-refractivity contribution in [2.24, 2.45) is 0 Å². The molecule has 1 N–H and O–H groups in total. The van der Waals surface area contributed by atoms with Gasteiger partial charge in [0.15, 0.2) is 5.69 Å². The maximum atomic E-state index is 12.5. The van der Waals surface area contributed by atoms with Gasteiger partial charge in [-0.3, -0.25) is 0 Å². The Balaban J connectivity index is 2.31. The van der Waals surface area contributed by atoms with E-state index < -0.39 is 11.9 Å². The molecule has 0 amide bonds. The molecule has 104 valence electrons. The van der Waals surface area contributed by atoms with Crippen LogP contribution in [0.1, 0.15) is 17.0 Å². The molecular formula is C13H9F3N2O2. The number of hydrogen-bond donors (Lipinski definition) is 1. The van der Waals surface area contributed by atoms with Gasteiger partial charge in [-0.05, 0) is 28.8 Å². The lowest BCUT2D eigenvalue weighted by Gasteiger charge is -2.10. The van der Waals surface area contributed by atoms with E-state index in [0.717, 1.165) is 0 Å². The highest BCUT2D eigenvalue weighted by atomic mass is 19.4. The Kier molecular flexibility index (Phi) is 3.60. The number of aromatic nitrogens is 2. The molecule has 1 aromatic carbocycles. The monoisotopic (exact) mass is 282 g/mol. The van der Waals surface area contributed by atoms with Crippen molar-refractivity contribution in [3.05, 3.63) is 58.8 Å². The SMILES string of the molecule is [O-][n+]1cnc(C=Cc2cccc(O)c2)cc1C(F)(F)F. The van der Waals surface area contributed by atoms with E-state index in [1.165, 1.54) is 24.3 Å². The molecule has 1 aromatic heterocycles. The summed E-state index contributed by atoms with van der Waals surface area (Å²) in [6.07, 6.45) is -1.37. The summed E-state index contributed by atoms with van der Waals surface area (Å²) < 4.78 is 37.3. The molecule has 1 heterocycles. The van der Waals surface area contributed by atoms with Crippen LogP contribution in [-0.2, 0) is 6.18 Å². The number of phenolic OH excluding ortho intramolecular Hbond substituents is 1. The molecule has 2 rings (SSSR count). The van der Waals surface area contributed by atoms with Crippen molar-refractivity contribution in [3.8, 4) is 5.75 Å². The van der Waals surface area contributed by atoms with E-state index in [1.807, 2.05) is 0 Å². The number of halogens is 3. The zero-order chi connectivity index (χ0) is 14.8. The molecule has 0 unspecified atom stereocenters. The Hall–Kier alpha value is -2.57. The molecule has 4 nitrogen and oxygen atoms in total. The third kappa shape index (κ3) is 3.25. The molecule has 0 saturated heterocycles. The molecule has 0 saturated carbocycles. The van der Waals surface area contributed by atoms with Gasteiger partial charge < -0.3 is 10.3 Å². The third-order valence-corrected chi connectivity index (χ3v) is 2.44. The van der Waals surface area contributed by atoms with E-state index in [1.54, 1.807) is 12.1 Å². The minimum Gasteiger partial charge on any atom is -0.711 e. The molecule has 0 fully saturated rings. The lowest BCUT2D eigenvalue weighted by atomic mass is 10.2. The van der Waals surface area contributed by atoms with Crippen LogP contribution in [-0.4, -0.2) is 10.1 Å². The predicted molar refractivity (Wildman–Crippen MR) is 65.2 cm³/mol. The minimum absolute atomic E-state index is 0.00670. The van der Waals surface area contributed by atoms with Crippen LogP contribution in [0.5, 0.6) is 5.75 Å². The van der Waals surface area contributed by atoms with Crippen molar-refractivity contribution in [1.82, 2.24) is 4.98 Å². The highest BCUT2D eigenvalue weighted by molar-refractivity contribution is 5.68. The van der Waals surface area contributed by atoms with E-state index in [9.17, 15) is 23.5 Å². The third-order valence-electron chi connectivity index (χ3n) is 2.44. The molecule has 0 spiro atoms. The van der Waals surface area contributed by atoms with Crippen molar-refractivity contribution in [3.63, 3.8) is 0 Å². The molecule has 7 heteroatoms. The molecule has 20 heavy (non-hydrogen) atoms.